The first-order valence-corrected chi connectivity index (χ1v) is 27.8. The van der Waals surface area contributed by atoms with E-state index >= 15 is 0 Å². The molecule has 1 aliphatic heterocycles. The molecule has 14 heteroatoms. The van der Waals surface area contributed by atoms with Crippen LogP contribution in [0.3, 0.4) is 0 Å². The number of rotatable bonds is 11. The van der Waals surface area contributed by atoms with Crippen LogP contribution in [0.5, 0.6) is 0 Å². The van der Waals surface area contributed by atoms with E-state index in [-0.39, 0.29) is 0 Å². The quantitative estimate of drug-likeness (QED) is 0.216. The Morgan fingerprint density at radius 1 is 0.613 bits per heavy atom. The lowest BCUT2D eigenvalue weighted by Gasteiger charge is -2.46. The molecule has 0 radical (unpaired) electrons. The van der Waals surface area contributed by atoms with E-state index < -0.39 is 54.0 Å². The molecule has 186 valence electrons. The highest BCUT2D eigenvalue weighted by Crippen LogP contribution is 2.74. The van der Waals surface area contributed by atoms with Crippen molar-refractivity contribution in [2.45, 2.75) is 84.1 Å². The largest absolute Gasteiger partial charge is 0.379 e. The van der Waals surface area contributed by atoms with Crippen LogP contribution in [0.4, 0.5) is 0 Å². The average molecular weight is 550 g/mol. The number of hydrogen-bond donors (Lipinski definition) is 0. The summed E-state index contributed by atoms with van der Waals surface area (Å²) in [6.45, 7) is 25.4. The van der Waals surface area contributed by atoms with E-state index in [0.717, 1.165) is 0 Å². The Hall–Kier alpha value is 1.09. The van der Waals surface area contributed by atoms with Gasteiger partial charge in [0.2, 0.25) is 5.52 Å². The lowest BCUT2D eigenvalue weighted by molar-refractivity contribution is 0.0356. The van der Waals surface area contributed by atoms with Gasteiger partial charge in [-0.15, -0.1) is 0 Å². The monoisotopic (exact) mass is 549 g/mol. The molecular formula is C17H45NO7P2Si4. The maximum absolute atomic E-state index is 14.7. The topological polar surface area (TPSA) is 83.5 Å². The van der Waals surface area contributed by atoms with Gasteiger partial charge in [0.15, 0.2) is 33.3 Å². The van der Waals surface area contributed by atoms with E-state index in [1.165, 1.54) is 0 Å². The smallest absolute Gasteiger partial charge is 0.340 e. The summed E-state index contributed by atoms with van der Waals surface area (Å²) in [6, 6.07) is 0. The molecule has 0 amide bonds. The summed E-state index contributed by atoms with van der Waals surface area (Å²) in [4.78, 5) is 1.91. The van der Waals surface area contributed by atoms with Gasteiger partial charge >= 0.3 is 15.2 Å². The van der Waals surface area contributed by atoms with E-state index in [1.807, 2.05) is 83.5 Å². The molecule has 1 aliphatic rings. The first-order valence-electron chi connectivity index (χ1n) is 10.9. The van der Waals surface area contributed by atoms with Gasteiger partial charge in [-0.3, -0.25) is 14.0 Å². The molecule has 1 heterocycles. The van der Waals surface area contributed by atoms with Crippen molar-refractivity contribution in [3.05, 3.63) is 0 Å². The summed E-state index contributed by atoms with van der Waals surface area (Å²) in [6.07, 6.45) is 0. The molecule has 0 saturated carbocycles. The molecule has 0 spiro atoms. The van der Waals surface area contributed by atoms with Crippen LogP contribution >= 0.6 is 15.2 Å². The molecule has 0 N–H and O–H groups in total. The van der Waals surface area contributed by atoms with Gasteiger partial charge in [-0.2, -0.15) is 0 Å². The van der Waals surface area contributed by atoms with Crippen LogP contribution in [0.1, 0.15) is 0 Å². The molecule has 1 saturated heterocycles. The van der Waals surface area contributed by atoms with Crippen LogP contribution in [0.2, 0.25) is 78.6 Å². The molecule has 31 heavy (non-hydrogen) atoms. The zero-order valence-electron chi connectivity index (χ0n) is 21.6. The number of morpholine rings is 1. The van der Waals surface area contributed by atoms with Crippen LogP contribution < -0.4 is 0 Å². The van der Waals surface area contributed by atoms with Gasteiger partial charge in [-0.25, -0.2) is 0 Å². The van der Waals surface area contributed by atoms with E-state index in [0.29, 0.717) is 26.3 Å². The second kappa shape index (κ2) is 10.4. The lowest BCUT2D eigenvalue weighted by Crippen LogP contribution is -2.48. The predicted molar refractivity (Wildman–Crippen MR) is 139 cm³/mol. The number of ether oxygens (including phenoxy) is 1. The Labute approximate surface area is 194 Å². The van der Waals surface area contributed by atoms with E-state index in [2.05, 4.69) is 0 Å². The Balaban J connectivity index is 3.76. The number of hydrogen-bond acceptors (Lipinski definition) is 8. The van der Waals surface area contributed by atoms with Crippen LogP contribution in [-0.2, 0) is 30.7 Å². The van der Waals surface area contributed by atoms with Gasteiger partial charge in [0.25, 0.3) is 0 Å². The van der Waals surface area contributed by atoms with Gasteiger partial charge < -0.3 is 21.6 Å². The first kappa shape index (κ1) is 30.1. The molecule has 0 atom stereocenters. The molecule has 0 aromatic rings. The van der Waals surface area contributed by atoms with Crippen molar-refractivity contribution in [1.82, 2.24) is 4.90 Å². The summed E-state index contributed by atoms with van der Waals surface area (Å²) in [7, 11) is -17.2. The van der Waals surface area contributed by atoms with E-state index in [9.17, 15) is 9.13 Å². The minimum absolute atomic E-state index is 0.455. The third-order valence-corrected chi connectivity index (χ3v) is 19.9. The van der Waals surface area contributed by atoms with Crippen molar-refractivity contribution in [1.29, 1.82) is 0 Å². The fraction of sp³-hybridized carbons (Fsp3) is 1.00. The normalized spacial score (nSPS) is 18.6. The summed E-state index contributed by atoms with van der Waals surface area (Å²) >= 11 is 0. The Bertz CT molecular complexity index is 603. The summed E-state index contributed by atoms with van der Waals surface area (Å²) in [5.74, 6) is 0. The molecule has 0 aromatic heterocycles. The van der Waals surface area contributed by atoms with Crippen molar-refractivity contribution in [2.24, 2.45) is 0 Å². The van der Waals surface area contributed by atoms with Gasteiger partial charge in [0.05, 0.1) is 13.2 Å². The van der Waals surface area contributed by atoms with Gasteiger partial charge in [-0.1, -0.05) is 0 Å². The second-order valence-corrected chi connectivity index (χ2v) is 35.3. The zero-order valence-corrected chi connectivity index (χ0v) is 27.4. The molecule has 8 nitrogen and oxygen atoms in total. The van der Waals surface area contributed by atoms with E-state index in [4.69, 9.17) is 21.6 Å². The molecule has 0 bridgehead atoms. The van der Waals surface area contributed by atoms with E-state index in [1.54, 1.807) is 0 Å². The van der Waals surface area contributed by atoms with Gasteiger partial charge in [0.1, 0.15) is 0 Å². The standard InChI is InChI=1S/C17H45NO7P2Si4/c1-28(2,3)22-26(19,23-29(4,5)6)17(18-13-15-21-16-14-18)27(20,24-30(7,8)9)25-31(10,11)12/h17H,13-16H2,1-12H3. The molecule has 0 unspecified atom stereocenters. The van der Waals surface area contributed by atoms with Crippen molar-refractivity contribution in [2.75, 3.05) is 26.3 Å². The predicted octanol–water partition coefficient (Wildman–Crippen LogP) is 6.39. The van der Waals surface area contributed by atoms with Gasteiger partial charge in [0, 0.05) is 13.1 Å². The summed E-state index contributed by atoms with van der Waals surface area (Å²) in [5, 5.41) is 0. The SMILES string of the molecule is C[Si](C)(C)OP(=O)(O[Si](C)(C)C)C(N1CCOCC1)P(=O)(O[Si](C)(C)C)O[Si](C)(C)C. The second-order valence-electron chi connectivity index (χ2n) is 11.9. The average Bonchev–Trinajstić information content (AvgIpc) is 2.38. The van der Waals surface area contributed by atoms with Gasteiger partial charge in [-0.05, 0) is 78.6 Å². The fourth-order valence-electron chi connectivity index (χ4n) is 3.13. The van der Waals surface area contributed by atoms with Crippen LogP contribution in [0, 0.1) is 0 Å². The van der Waals surface area contributed by atoms with Crippen LogP contribution in [0.25, 0.3) is 0 Å². The lowest BCUT2D eigenvalue weighted by atomic mass is 10.5. The minimum atomic E-state index is -3.91. The van der Waals surface area contributed by atoms with Crippen molar-refractivity contribution in [3.8, 4) is 0 Å². The first-order chi connectivity index (χ1) is 13.6. The van der Waals surface area contributed by atoms with Crippen LogP contribution in [-0.4, -0.2) is 70.0 Å². The Kier molecular flexibility index (Phi) is 10.1. The molecule has 1 fully saturated rings. The highest BCUT2D eigenvalue weighted by atomic mass is 31.2. The molecule has 1 rings (SSSR count). The summed E-state index contributed by atoms with van der Waals surface area (Å²) < 4.78 is 60.2. The highest BCUT2D eigenvalue weighted by molar-refractivity contribution is 7.75. The maximum atomic E-state index is 14.7. The maximum Gasteiger partial charge on any atom is 0.340 e. The third-order valence-electron chi connectivity index (χ3n) is 3.54. The zero-order chi connectivity index (χ0) is 24.5. The molecule has 0 aliphatic carbocycles. The molecular weight excluding hydrogens is 504 g/mol. The van der Waals surface area contributed by atoms with Crippen molar-refractivity contribution in [3.63, 3.8) is 0 Å². The Morgan fingerprint density at radius 3 is 1.10 bits per heavy atom. The molecule has 0 aromatic carbocycles. The summed E-state index contributed by atoms with van der Waals surface area (Å²) in [5.41, 5.74) is -1.10. The van der Waals surface area contributed by atoms with Crippen molar-refractivity contribution < 1.29 is 30.7 Å². The highest BCUT2D eigenvalue weighted by Gasteiger charge is 2.59. The van der Waals surface area contributed by atoms with Crippen LogP contribution in [0.15, 0.2) is 0 Å². The minimum Gasteiger partial charge on any atom is -0.379 e. The number of nitrogens with zero attached hydrogens (tertiary/aromatic N) is 1. The van der Waals surface area contributed by atoms with Crippen molar-refractivity contribution >= 4 is 48.5 Å². The third kappa shape index (κ3) is 10.9. The fourth-order valence-corrected chi connectivity index (χ4v) is 22.2. The Morgan fingerprint density at radius 2 is 0.871 bits per heavy atom.